The Labute approximate surface area is 207 Å². The Kier molecular flexibility index (Phi) is 6.48. The molecule has 0 atom stereocenters. The Balaban J connectivity index is 1.49. The van der Waals surface area contributed by atoms with Crippen molar-refractivity contribution in [3.8, 4) is 11.3 Å². The lowest BCUT2D eigenvalue weighted by Gasteiger charge is -2.09. The van der Waals surface area contributed by atoms with Crippen LogP contribution in [-0.2, 0) is 11.4 Å². The average molecular weight is 477 g/mol. The van der Waals surface area contributed by atoms with Crippen LogP contribution in [0.1, 0.15) is 29.4 Å². The molecule has 0 aliphatic heterocycles. The normalized spacial score (nSPS) is 11.9. The fourth-order valence-corrected chi connectivity index (χ4v) is 3.77. The summed E-state index contributed by atoms with van der Waals surface area (Å²) >= 11 is 0. The first-order valence-corrected chi connectivity index (χ1v) is 11.5. The van der Waals surface area contributed by atoms with Gasteiger partial charge in [0, 0.05) is 11.1 Å². The van der Waals surface area contributed by atoms with Gasteiger partial charge in [0.25, 0.3) is 5.56 Å². The Morgan fingerprint density at radius 2 is 1.78 bits per heavy atom. The molecule has 3 aromatic carbocycles. The number of H-pyrrole nitrogens is 1. The number of benzene rings is 3. The summed E-state index contributed by atoms with van der Waals surface area (Å²) in [6.45, 7) is 3.87. The van der Waals surface area contributed by atoms with Gasteiger partial charge < -0.3 is 4.84 Å². The molecule has 0 saturated heterocycles. The van der Waals surface area contributed by atoms with E-state index < -0.39 is 0 Å². The monoisotopic (exact) mass is 476 g/mol. The summed E-state index contributed by atoms with van der Waals surface area (Å²) in [5, 5.41) is 16.3. The van der Waals surface area contributed by atoms with E-state index in [2.05, 4.69) is 25.4 Å². The summed E-state index contributed by atoms with van der Waals surface area (Å²) < 4.78 is 1.25. The Morgan fingerprint density at radius 1 is 1.03 bits per heavy atom. The number of nitrogens with zero attached hydrogens (tertiary/aromatic N) is 5. The smallest absolute Gasteiger partial charge is 0.282 e. The van der Waals surface area contributed by atoms with Gasteiger partial charge in [0.1, 0.15) is 0 Å². The molecule has 0 amide bonds. The van der Waals surface area contributed by atoms with Gasteiger partial charge in [0.2, 0.25) is 0 Å². The zero-order valence-corrected chi connectivity index (χ0v) is 19.9. The van der Waals surface area contributed by atoms with E-state index in [1.165, 1.54) is 4.68 Å². The van der Waals surface area contributed by atoms with Gasteiger partial charge in [-0.3, -0.25) is 9.89 Å². The summed E-state index contributed by atoms with van der Waals surface area (Å²) in [6, 6.07) is 25.0. The minimum absolute atomic E-state index is 0.0300. The van der Waals surface area contributed by atoms with E-state index in [9.17, 15) is 4.79 Å². The molecule has 8 nitrogen and oxygen atoms in total. The van der Waals surface area contributed by atoms with Crippen molar-refractivity contribution < 1.29 is 4.84 Å². The van der Waals surface area contributed by atoms with Gasteiger partial charge in [0.15, 0.2) is 12.4 Å². The lowest BCUT2D eigenvalue weighted by Crippen LogP contribution is -2.22. The lowest BCUT2D eigenvalue weighted by molar-refractivity contribution is 0.122. The largest absolute Gasteiger partial charge is 0.387 e. The molecule has 178 valence electrons. The highest BCUT2D eigenvalue weighted by Gasteiger charge is 2.12. The molecule has 0 bridgehead atoms. The molecule has 36 heavy (non-hydrogen) atoms. The molecule has 0 fully saturated rings. The molecule has 0 aliphatic carbocycles. The van der Waals surface area contributed by atoms with E-state index in [1.807, 2.05) is 74.5 Å². The second-order valence-electron chi connectivity index (χ2n) is 8.29. The average Bonchev–Trinajstić information content (AvgIpc) is 3.38. The van der Waals surface area contributed by atoms with Crippen LogP contribution in [0.5, 0.6) is 0 Å². The maximum atomic E-state index is 13.3. The first-order valence-electron chi connectivity index (χ1n) is 11.5. The highest BCUT2D eigenvalue weighted by molar-refractivity contribution is 5.98. The number of aryl methyl sites for hydroxylation is 1. The van der Waals surface area contributed by atoms with Crippen molar-refractivity contribution in [1.29, 1.82) is 0 Å². The van der Waals surface area contributed by atoms with E-state index in [0.29, 0.717) is 16.7 Å². The second kappa shape index (κ2) is 10.2. The summed E-state index contributed by atoms with van der Waals surface area (Å²) in [4.78, 5) is 23.5. The molecule has 0 radical (unpaired) electrons. The van der Waals surface area contributed by atoms with E-state index >= 15 is 0 Å². The number of rotatable bonds is 7. The molecule has 2 heterocycles. The van der Waals surface area contributed by atoms with Crippen LogP contribution in [0.25, 0.3) is 22.2 Å². The SMILES string of the molecule is C/C(=N\OCc1nc2ccccc2c(=O)n1/N=C/c1cn[nH]c1-c1ccc(C)cc1)c1ccccc1. The van der Waals surface area contributed by atoms with Gasteiger partial charge in [-0.2, -0.15) is 14.9 Å². The molecule has 8 heteroatoms. The van der Waals surface area contributed by atoms with Crippen molar-refractivity contribution >= 4 is 22.8 Å². The summed E-state index contributed by atoms with van der Waals surface area (Å²) in [6.07, 6.45) is 3.26. The Morgan fingerprint density at radius 3 is 2.58 bits per heavy atom. The fraction of sp³-hybridized carbons (Fsp3) is 0.107. The standard InChI is InChI=1S/C28H24N6O2/c1-19-12-14-22(15-13-19)27-23(16-29-32-27)17-30-34-26(31-25-11-7-6-10-24(25)28(34)35)18-36-33-20(2)21-8-4-3-5-9-21/h3-17H,18H2,1-2H3,(H,29,32)/b30-17+,33-20+. The van der Waals surface area contributed by atoms with Gasteiger partial charge in [0.05, 0.1) is 34.7 Å². The van der Waals surface area contributed by atoms with E-state index in [0.717, 1.165) is 33.7 Å². The molecular weight excluding hydrogens is 452 g/mol. The van der Waals surface area contributed by atoms with Crippen LogP contribution < -0.4 is 5.56 Å². The molecule has 0 aliphatic rings. The molecule has 1 N–H and O–H groups in total. The minimum atomic E-state index is -0.292. The maximum Gasteiger partial charge on any atom is 0.282 e. The molecule has 2 aromatic heterocycles. The van der Waals surface area contributed by atoms with Crippen LogP contribution in [0.3, 0.4) is 0 Å². The number of hydrogen-bond acceptors (Lipinski definition) is 6. The maximum absolute atomic E-state index is 13.3. The number of para-hydroxylation sites is 1. The van der Waals surface area contributed by atoms with Gasteiger partial charge >= 0.3 is 0 Å². The van der Waals surface area contributed by atoms with E-state index in [4.69, 9.17) is 4.84 Å². The zero-order chi connectivity index (χ0) is 24.9. The first-order chi connectivity index (χ1) is 17.6. The van der Waals surface area contributed by atoms with Gasteiger partial charge in [-0.25, -0.2) is 4.98 Å². The van der Waals surface area contributed by atoms with Crippen molar-refractivity contribution in [2.45, 2.75) is 20.5 Å². The quantitative estimate of drug-likeness (QED) is 0.266. The Bertz CT molecular complexity index is 1620. The highest BCUT2D eigenvalue weighted by atomic mass is 16.6. The number of nitrogens with one attached hydrogen (secondary N) is 1. The van der Waals surface area contributed by atoms with Crippen LogP contribution in [0.15, 0.2) is 100 Å². The number of oxime groups is 1. The third-order valence-corrected chi connectivity index (χ3v) is 5.73. The van der Waals surface area contributed by atoms with Crippen LogP contribution in [-0.4, -0.2) is 31.8 Å². The minimum Gasteiger partial charge on any atom is -0.387 e. The van der Waals surface area contributed by atoms with Crippen LogP contribution in [0, 0.1) is 6.92 Å². The second-order valence-corrected chi connectivity index (χ2v) is 8.29. The molecule has 0 saturated carbocycles. The van der Waals surface area contributed by atoms with Crippen LogP contribution in [0.2, 0.25) is 0 Å². The number of hydrogen-bond donors (Lipinski definition) is 1. The molecule has 5 rings (SSSR count). The summed E-state index contributed by atoms with van der Waals surface area (Å²) in [5.74, 6) is 0.333. The van der Waals surface area contributed by atoms with Crippen molar-refractivity contribution in [2.75, 3.05) is 0 Å². The molecular formula is C28H24N6O2. The predicted octanol–water partition coefficient (Wildman–Crippen LogP) is 4.92. The number of aromatic amines is 1. The highest BCUT2D eigenvalue weighted by Crippen LogP contribution is 2.20. The summed E-state index contributed by atoms with van der Waals surface area (Å²) in [5.41, 5.74) is 5.62. The van der Waals surface area contributed by atoms with Crippen molar-refractivity contribution in [1.82, 2.24) is 19.9 Å². The number of aromatic nitrogens is 4. The molecule has 5 aromatic rings. The molecule has 0 unspecified atom stereocenters. The van der Waals surface area contributed by atoms with Gasteiger partial charge in [-0.1, -0.05) is 77.4 Å². The van der Waals surface area contributed by atoms with Crippen molar-refractivity contribution in [3.05, 3.63) is 118 Å². The van der Waals surface area contributed by atoms with Gasteiger partial charge in [-0.15, -0.1) is 0 Å². The lowest BCUT2D eigenvalue weighted by atomic mass is 10.1. The zero-order valence-electron chi connectivity index (χ0n) is 19.9. The van der Waals surface area contributed by atoms with Crippen LogP contribution >= 0.6 is 0 Å². The van der Waals surface area contributed by atoms with Crippen LogP contribution in [0.4, 0.5) is 0 Å². The topological polar surface area (TPSA) is 97.5 Å². The number of fused-ring (bicyclic) bond motifs is 1. The van der Waals surface area contributed by atoms with Crippen molar-refractivity contribution in [2.24, 2.45) is 10.3 Å². The third kappa shape index (κ3) is 4.83. The summed E-state index contributed by atoms with van der Waals surface area (Å²) in [7, 11) is 0. The van der Waals surface area contributed by atoms with Gasteiger partial charge in [-0.05, 0) is 31.5 Å². The Hall–Kier alpha value is -4.85. The third-order valence-electron chi connectivity index (χ3n) is 5.73. The van der Waals surface area contributed by atoms with Crippen molar-refractivity contribution in [3.63, 3.8) is 0 Å². The van der Waals surface area contributed by atoms with E-state index in [1.54, 1.807) is 30.6 Å². The first kappa shape index (κ1) is 22.9. The molecule has 0 spiro atoms. The predicted molar refractivity (Wildman–Crippen MR) is 141 cm³/mol. The van der Waals surface area contributed by atoms with E-state index in [-0.39, 0.29) is 12.2 Å². The fourth-order valence-electron chi connectivity index (χ4n) is 3.77.